The van der Waals surface area contributed by atoms with E-state index >= 15 is 0 Å². The summed E-state index contributed by atoms with van der Waals surface area (Å²) >= 11 is 0. The van der Waals surface area contributed by atoms with E-state index < -0.39 is 5.41 Å². The second kappa shape index (κ2) is 4.56. The molecule has 1 aliphatic rings. The number of amides is 1. The van der Waals surface area contributed by atoms with Crippen LogP contribution >= 0.6 is 0 Å². The molecule has 0 radical (unpaired) electrons. The average Bonchev–Trinajstić information content (AvgIpc) is 2.55. The molecule has 0 aromatic heterocycles. The van der Waals surface area contributed by atoms with Gasteiger partial charge >= 0.3 is 0 Å². The van der Waals surface area contributed by atoms with Gasteiger partial charge in [0.15, 0.2) is 5.78 Å². The molecule has 1 aromatic rings. The van der Waals surface area contributed by atoms with Crippen molar-refractivity contribution in [3.8, 4) is 0 Å². The third-order valence-corrected chi connectivity index (χ3v) is 3.68. The Bertz CT molecular complexity index is 467. The molecule has 1 heterocycles. The van der Waals surface area contributed by atoms with Gasteiger partial charge in [0.1, 0.15) is 5.41 Å². The van der Waals surface area contributed by atoms with E-state index in [0.29, 0.717) is 6.42 Å². The summed E-state index contributed by atoms with van der Waals surface area (Å²) in [5.41, 5.74) is 0.101. The molecule has 0 saturated carbocycles. The minimum atomic E-state index is -0.920. The molecular formula is C15H19NO2. The fourth-order valence-corrected chi connectivity index (χ4v) is 2.46. The van der Waals surface area contributed by atoms with E-state index in [0.717, 1.165) is 5.56 Å². The molecule has 2 atom stereocenters. The highest BCUT2D eigenvalue weighted by Crippen LogP contribution is 2.32. The first-order valence-electron chi connectivity index (χ1n) is 6.34. The van der Waals surface area contributed by atoms with Gasteiger partial charge in [0.25, 0.3) is 0 Å². The Kier molecular flexibility index (Phi) is 3.24. The molecule has 0 aliphatic carbocycles. The topological polar surface area (TPSA) is 46.2 Å². The lowest BCUT2D eigenvalue weighted by Gasteiger charge is -2.20. The van der Waals surface area contributed by atoms with Gasteiger partial charge < -0.3 is 5.32 Å². The zero-order valence-corrected chi connectivity index (χ0v) is 11.1. The molecule has 1 fully saturated rings. The summed E-state index contributed by atoms with van der Waals surface area (Å²) in [5, 5.41) is 2.83. The van der Waals surface area contributed by atoms with Crippen molar-refractivity contribution in [1.29, 1.82) is 0 Å². The molecule has 0 spiro atoms. The lowest BCUT2D eigenvalue weighted by molar-refractivity contribution is -0.134. The van der Waals surface area contributed by atoms with Crippen molar-refractivity contribution in [2.24, 2.45) is 11.3 Å². The zero-order valence-electron chi connectivity index (χ0n) is 11.1. The van der Waals surface area contributed by atoms with Crippen molar-refractivity contribution in [1.82, 2.24) is 5.32 Å². The van der Waals surface area contributed by atoms with Gasteiger partial charge in [0, 0.05) is 0 Å². The molecule has 1 saturated heterocycles. The normalized spacial score (nSPS) is 27.7. The lowest BCUT2D eigenvalue weighted by atomic mass is 9.78. The van der Waals surface area contributed by atoms with Crippen LogP contribution in [0.2, 0.25) is 0 Å². The smallest absolute Gasteiger partial charge is 0.234 e. The molecule has 1 aliphatic heterocycles. The summed E-state index contributed by atoms with van der Waals surface area (Å²) in [7, 11) is 0. The second-order valence-corrected chi connectivity index (χ2v) is 5.55. The van der Waals surface area contributed by atoms with Gasteiger partial charge in [-0.3, -0.25) is 9.59 Å². The summed E-state index contributed by atoms with van der Waals surface area (Å²) in [4.78, 5) is 24.5. The Balaban J connectivity index is 2.26. The predicted molar refractivity (Wildman–Crippen MR) is 70.0 cm³/mol. The van der Waals surface area contributed by atoms with Gasteiger partial charge in [0.2, 0.25) is 5.91 Å². The third-order valence-electron chi connectivity index (χ3n) is 3.68. The molecule has 1 N–H and O–H groups in total. The first-order valence-corrected chi connectivity index (χ1v) is 6.34. The summed E-state index contributed by atoms with van der Waals surface area (Å²) in [6.45, 7) is 5.66. The van der Waals surface area contributed by atoms with Crippen LogP contribution in [0.25, 0.3) is 0 Å². The van der Waals surface area contributed by atoms with Crippen molar-refractivity contribution >= 4 is 11.7 Å². The average molecular weight is 245 g/mol. The number of benzene rings is 1. The number of rotatable bonds is 3. The summed E-state index contributed by atoms with van der Waals surface area (Å²) in [6.07, 6.45) is 0.474. The standard InChI is InChI=1S/C15H19NO2/c1-10(2)12-13(17)15(3,14(18)16-12)9-11-7-5-4-6-8-11/h4-8,10,12H,9H2,1-3H3,(H,16,18)/t12-,15+/m0/s1. The highest BCUT2D eigenvalue weighted by molar-refractivity contribution is 6.14. The predicted octanol–water partition coefficient (Wildman–Crippen LogP) is 1.96. The molecule has 3 heteroatoms. The Morgan fingerprint density at radius 1 is 1.22 bits per heavy atom. The molecule has 0 bridgehead atoms. The number of hydrogen-bond acceptors (Lipinski definition) is 2. The zero-order chi connectivity index (χ0) is 13.3. The van der Waals surface area contributed by atoms with Crippen LogP contribution in [-0.4, -0.2) is 17.7 Å². The summed E-state index contributed by atoms with van der Waals surface area (Å²) in [6, 6.07) is 9.35. The van der Waals surface area contributed by atoms with Gasteiger partial charge in [-0.05, 0) is 24.8 Å². The van der Waals surface area contributed by atoms with E-state index in [2.05, 4.69) is 5.32 Å². The van der Waals surface area contributed by atoms with Crippen molar-refractivity contribution in [3.63, 3.8) is 0 Å². The highest BCUT2D eigenvalue weighted by atomic mass is 16.2. The monoisotopic (exact) mass is 245 g/mol. The Hall–Kier alpha value is -1.64. The number of carbonyl (C=O) groups excluding carboxylic acids is 2. The fraction of sp³-hybridized carbons (Fsp3) is 0.467. The van der Waals surface area contributed by atoms with E-state index in [-0.39, 0.29) is 23.7 Å². The largest absolute Gasteiger partial charge is 0.345 e. The summed E-state index contributed by atoms with van der Waals surface area (Å²) < 4.78 is 0. The lowest BCUT2D eigenvalue weighted by Crippen LogP contribution is -2.35. The van der Waals surface area contributed by atoms with Crippen molar-refractivity contribution in [2.45, 2.75) is 33.2 Å². The number of carbonyl (C=O) groups is 2. The SMILES string of the molecule is CC(C)[C@@H]1NC(=O)[C@](C)(Cc2ccccc2)C1=O. The molecule has 96 valence electrons. The molecule has 1 amide bonds. The van der Waals surface area contributed by atoms with E-state index in [1.807, 2.05) is 44.2 Å². The van der Waals surface area contributed by atoms with Gasteiger partial charge in [-0.2, -0.15) is 0 Å². The van der Waals surface area contributed by atoms with E-state index in [1.54, 1.807) is 6.92 Å². The van der Waals surface area contributed by atoms with Crippen LogP contribution in [0.4, 0.5) is 0 Å². The van der Waals surface area contributed by atoms with Crippen LogP contribution in [0.15, 0.2) is 30.3 Å². The third kappa shape index (κ3) is 2.05. The minimum Gasteiger partial charge on any atom is -0.345 e. The molecule has 1 aromatic carbocycles. The number of nitrogens with one attached hydrogen (secondary N) is 1. The molecule has 3 nitrogen and oxygen atoms in total. The number of Topliss-reactive ketones (excluding diaryl/α,β-unsaturated/α-hetero) is 1. The highest BCUT2D eigenvalue weighted by Gasteiger charge is 2.51. The quantitative estimate of drug-likeness (QED) is 0.827. The van der Waals surface area contributed by atoms with Crippen LogP contribution in [-0.2, 0) is 16.0 Å². The summed E-state index contributed by atoms with van der Waals surface area (Å²) in [5.74, 6) is 0.0143. The maximum Gasteiger partial charge on any atom is 0.234 e. The van der Waals surface area contributed by atoms with Crippen molar-refractivity contribution in [3.05, 3.63) is 35.9 Å². The second-order valence-electron chi connectivity index (χ2n) is 5.55. The van der Waals surface area contributed by atoms with Crippen LogP contribution < -0.4 is 5.32 Å². The van der Waals surface area contributed by atoms with Crippen LogP contribution in [0.1, 0.15) is 26.3 Å². The molecular weight excluding hydrogens is 226 g/mol. The van der Waals surface area contributed by atoms with Crippen LogP contribution in [0, 0.1) is 11.3 Å². The van der Waals surface area contributed by atoms with Crippen LogP contribution in [0.5, 0.6) is 0 Å². The van der Waals surface area contributed by atoms with Gasteiger partial charge in [-0.25, -0.2) is 0 Å². The first kappa shape index (κ1) is 12.8. The number of ketones is 1. The van der Waals surface area contributed by atoms with Gasteiger partial charge in [-0.15, -0.1) is 0 Å². The van der Waals surface area contributed by atoms with Gasteiger partial charge in [0.05, 0.1) is 6.04 Å². The first-order chi connectivity index (χ1) is 8.45. The van der Waals surface area contributed by atoms with E-state index in [9.17, 15) is 9.59 Å². The van der Waals surface area contributed by atoms with Crippen molar-refractivity contribution < 1.29 is 9.59 Å². The molecule has 2 rings (SSSR count). The molecule has 18 heavy (non-hydrogen) atoms. The maximum absolute atomic E-state index is 12.4. The van der Waals surface area contributed by atoms with Crippen molar-refractivity contribution in [2.75, 3.05) is 0 Å². The fourth-order valence-electron chi connectivity index (χ4n) is 2.46. The Morgan fingerprint density at radius 2 is 1.83 bits per heavy atom. The Morgan fingerprint density at radius 3 is 2.33 bits per heavy atom. The maximum atomic E-state index is 12.4. The minimum absolute atomic E-state index is 0.0198. The van der Waals surface area contributed by atoms with Crippen LogP contribution in [0.3, 0.4) is 0 Å². The Labute approximate surface area is 108 Å². The van der Waals surface area contributed by atoms with Gasteiger partial charge in [-0.1, -0.05) is 44.2 Å². The molecule has 0 unspecified atom stereocenters. The van der Waals surface area contributed by atoms with E-state index in [1.165, 1.54) is 0 Å². The van der Waals surface area contributed by atoms with E-state index in [4.69, 9.17) is 0 Å². The number of hydrogen-bond donors (Lipinski definition) is 1.